The summed E-state index contributed by atoms with van der Waals surface area (Å²) in [7, 11) is 0. The van der Waals surface area contributed by atoms with Gasteiger partial charge in [-0.1, -0.05) is 97.8 Å². The molecule has 6 fully saturated rings. The number of hydrogen-bond donors (Lipinski definition) is 0. The molecule has 0 heterocycles. The van der Waals surface area contributed by atoms with Crippen LogP contribution in [0, 0.1) is 53.3 Å². The third-order valence-electron chi connectivity index (χ3n) is 11.0. The Balaban J connectivity index is 0.000000119. The van der Waals surface area contributed by atoms with Crippen molar-refractivity contribution in [1.82, 2.24) is 0 Å². The fourth-order valence-electron chi connectivity index (χ4n) is 9.23. The maximum Gasteiger partial charge on any atom is -0.0352 e. The SMILES string of the molecule is CC1C2CCCCC2C2CCCCC12.CC1CCC2CCCCC12.CC1CCCC1. The van der Waals surface area contributed by atoms with Gasteiger partial charge < -0.3 is 0 Å². The molecule has 0 aliphatic heterocycles. The van der Waals surface area contributed by atoms with Crippen LogP contribution in [0.4, 0.5) is 0 Å². The minimum atomic E-state index is 1.05. The molecule has 174 valence electrons. The summed E-state index contributed by atoms with van der Waals surface area (Å²) in [6, 6.07) is 0. The highest BCUT2D eigenvalue weighted by atomic mass is 14.5. The van der Waals surface area contributed by atoms with Crippen molar-refractivity contribution in [2.24, 2.45) is 53.3 Å². The minimum Gasteiger partial charge on any atom is -0.0625 e. The summed E-state index contributed by atoms with van der Waals surface area (Å²) in [5.41, 5.74) is 0. The van der Waals surface area contributed by atoms with Crippen molar-refractivity contribution in [2.75, 3.05) is 0 Å². The zero-order valence-corrected chi connectivity index (χ0v) is 20.9. The van der Waals surface area contributed by atoms with Crippen LogP contribution in [0.2, 0.25) is 0 Å². The first-order valence-corrected chi connectivity index (χ1v) is 14.6. The maximum absolute atomic E-state index is 2.57. The molecule has 0 saturated heterocycles. The van der Waals surface area contributed by atoms with Crippen LogP contribution in [0.5, 0.6) is 0 Å². The first-order valence-electron chi connectivity index (χ1n) is 14.6. The Hall–Kier alpha value is 0. The molecule has 0 heteroatoms. The van der Waals surface area contributed by atoms with E-state index in [4.69, 9.17) is 0 Å². The molecule has 0 N–H and O–H groups in total. The topological polar surface area (TPSA) is 0 Å². The van der Waals surface area contributed by atoms with E-state index < -0.39 is 0 Å². The van der Waals surface area contributed by atoms with Crippen LogP contribution in [0.3, 0.4) is 0 Å². The molecule has 6 aliphatic rings. The van der Waals surface area contributed by atoms with E-state index >= 15 is 0 Å². The van der Waals surface area contributed by atoms with E-state index in [-0.39, 0.29) is 0 Å². The molecule has 6 aliphatic carbocycles. The summed E-state index contributed by atoms with van der Waals surface area (Å²) < 4.78 is 0. The molecular weight excluding hydrogens is 360 g/mol. The average Bonchev–Trinajstić information content (AvgIpc) is 3.49. The summed E-state index contributed by atoms with van der Waals surface area (Å²) in [5, 5.41) is 0. The normalized spacial score (nSPS) is 45.3. The second kappa shape index (κ2) is 11.2. The van der Waals surface area contributed by atoms with E-state index in [0.717, 1.165) is 53.3 Å². The highest BCUT2D eigenvalue weighted by Crippen LogP contribution is 2.57. The van der Waals surface area contributed by atoms with Crippen molar-refractivity contribution in [3.8, 4) is 0 Å². The highest BCUT2D eigenvalue weighted by molar-refractivity contribution is 4.98. The Morgan fingerprint density at radius 3 is 1.27 bits per heavy atom. The Bertz CT molecular complexity index is 464. The number of rotatable bonds is 0. The molecule has 0 aromatic rings. The van der Waals surface area contributed by atoms with Gasteiger partial charge >= 0.3 is 0 Å². The third kappa shape index (κ3) is 5.49. The first kappa shape index (κ1) is 23.2. The maximum atomic E-state index is 2.57. The van der Waals surface area contributed by atoms with Gasteiger partial charge in [0.1, 0.15) is 0 Å². The Morgan fingerprint density at radius 1 is 0.367 bits per heavy atom. The van der Waals surface area contributed by atoms with Crippen molar-refractivity contribution in [3.63, 3.8) is 0 Å². The zero-order valence-electron chi connectivity index (χ0n) is 20.9. The molecule has 7 atom stereocenters. The summed E-state index contributed by atoms with van der Waals surface area (Å²) >= 11 is 0. The van der Waals surface area contributed by atoms with Crippen molar-refractivity contribution in [1.29, 1.82) is 0 Å². The van der Waals surface area contributed by atoms with Crippen LogP contribution >= 0.6 is 0 Å². The van der Waals surface area contributed by atoms with Crippen molar-refractivity contribution >= 4 is 0 Å². The lowest BCUT2D eigenvalue weighted by molar-refractivity contribution is 0.184. The van der Waals surface area contributed by atoms with Crippen LogP contribution in [-0.4, -0.2) is 0 Å². The van der Waals surface area contributed by atoms with E-state index in [1.54, 1.807) is 44.9 Å². The number of fused-ring (bicyclic) bond motifs is 4. The van der Waals surface area contributed by atoms with Crippen LogP contribution in [-0.2, 0) is 0 Å². The average molecular weight is 415 g/mol. The fourth-order valence-corrected chi connectivity index (χ4v) is 9.23. The van der Waals surface area contributed by atoms with Gasteiger partial charge in [0.15, 0.2) is 0 Å². The van der Waals surface area contributed by atoms with E-state index in [0.29, 0.717) is 0 Å². The summed E-state index contributed by atoms with van der Waals surface area (Å²) in [5.74, 6) is 10.0. The van der Waals surface area contributed by atoms with Gasteiger partial charge in [0.2, 0.25) is 0 Å². The molecule has 0 aromatic heterocycles. The quantitative estimate of drug-likeness (QED) is 0.370. The van der Waals surface area contributed by atoms with E-state index in [1.165, 1.54) is 70.6 Å². The predicted molar refractivity (Wildman–Crippen MR) is 132 cm³/mol. The van der Waals surface area contributed by atoms with E-state index in [1.807, 2.05) is 0 Å². The molecule has 6 rings (SSSR count). The standard InChI is InChI=1S/C14H24.C10H18.C6H12/c1-10-11-6-2-4-8-13(11)14-9-5-3-7-12(10)14;1-8-6-7-9-4-2-3-5-10(8)9;1-6-4-2-3-5-6/h10-14H,2-9H2,1H3;8-10H,2-7H2,1H3;6H,2-5H2,1H3. The fraction of sp³-hybridized carbons (Fsp3) is 1.00. The molecule has 0 aromatic carbocycles. The van der Waals surface area contributed by atoms with E-state index in [9.17, 15) is 0 Å². The summed E-state index contributed by atoms with van der Waals surface area (Å²) in [6.45, 7) is 7.36. The monoisotopic (exact) mass is 414 g/mol. The van der Waals surface area contributed by atoms with Gasteiger partial charge in [-0.2, -0.15) is 0 Å². The lowest BCUT2D eigenvalue weighted by Gasteiger charge is -2.32. The van der Waals surface area contributed by atoms with Crippen molar-refractivity contribution in [3.05, 3.63) is 0 Å². The number of hydrogen-bond acceptors (Lipinski definition) is 0. The highest BCUT2D eigenvalue weighted by Gasteiger charge is 2.48. The third-order valence-corrected chi connectivity index (χ3v) is 11.0. The van der Waals surface area contributed by atoms with Gasteiger partial charge in [-0.3, -0.25) is 0 Å². The van der Waals surface area contributed by atoms with Crippen LogP contribution in [0.1, 0.15) is 136 Å². The molecular formula is C30H54. The van der Waals surface area contributed by atoms with Gasteiger partial charge in [0.25, 0.3) is 0 Å². The Labute approximate surface area is 189 Å². The second-order valence-electron chi connectivity index (χ2n) is 12.7. The molecule has 7 unspecified atom stereocenters. The molecule has 30 heavy (non-hydrogen) atoms. The van der Waals surface area contributed by atoms with Gasteiger partial charge in [0.05, 0.1) is 0 Å². The summed E-state index contributed by atoms with van der Waals surface area (Å²) in [6.07, 6.45) is 27.6. The first-order chi connectivity index (χ1) is 14.6. The summed E-state index contributed by atoms with van der Waals surface area (Å²) in [4.78, 5) is 0. The minimum absolute atomic E-state index is 1.05. The molecule has 0 nitrogen and oxygen atoms in total. The zero-order chi connectivity index (χ0) is 20.9. The van der Waals surface area contributed by atoms with Crippen LogP contribution in [0.15, 0.2) is 0 Å². The van der Waals surface area contributed by atoms with Crippen LogP contribution in [0.25, 0.3) is 0 Å². The molecule has 0 amide bonds. The Morgan fingerprint density at radius 2 is 0.800 bits per heavy atom. The van der Waals surface area contributed by atoms with Crippen LogP contribution < -0.4 is 0 Å². The lowest BCUT2D eigenvalue weighted by atomic mass is 9.73. The molecule has 0 bridgehead atoms. The molecule has 0 radical (unpaired) electrons. The molecule has 6 saturated carbocycles. The largest absolute Gasteiger partial charge is 0.0625 e. The Kier molecular flexibility index (Phi) is 8.67. The van der Waals surface area contributed by atoms with Gasteiger partial charge in [-0.25, -0.2) is 0 Å². The van der Waals surface area contributed by atoms with Crippen molar-refractivity contribution in [2.45, 2.75) is 136 Å². The molecule has 0 spiro atoms. The lowest BCUT2D eigenvalue weighted by Crippen LogP contribution is -2.22. The van der Waals surface area contributed by atoms with Gasteiger partial charge in [-0.15, -0.1) is 0 Å². The van der Waals surface area contributed by atoms with Gasteiger partial charge in [0, 0.05) is 0 Å². The predicted octanol–water partition coefficient (Wildman–Crippen LogP) is 9.67. The van der Waals surface area contributed by atoms with E-state index in [2.05, 4.69) is 20.8 Å². The van der Waals surface area contributed by atoms with Crippen molar-refractivity contribution < 1.29 is 0 Å². The smallest absolute Gasteiger partial charge is 0.0352 e. The van der Waals surface area contributed by atoms with Gasteiger partial charge in [-0.05, 0) is 91.8 Å². The second-order valence-corrected chi connectivity index (χ2v) is 12.7.